The molecule has 0 radical (unpaired) electrons. The average Bonchev–Trinajstić information content (AvgIpc) is 2.49. The number of hydrogen-bond acceptors (Lipinski definition) is 5. The van der Waals surface area contributed by atoms with E-state index in [2.05, 4.69) is 10.6 Å². The molecule has 0 saturated carbocycles. The number of nitrogens with zero attached hydrogens (tertiary/aromatic N) is 1. The van der Waals surface area contributed by atoms with Gasteiger partial charge in [-0.05, 0) is 12.6 Å². The Morgan fingerprint density at radius 3 is 2.90 bits per heavy atom. The maximum atomic E-state index is 11.4. The summed E-state index contributed by atoms with van der Waals surface area (Å²) in [7, 11) is 1.57. The monoisotopic (exact) mass is 277 g/mol. The van der Waals surface area contributed by atoms with Crippen LogP contribution >= 0.6 is 0 Å². The largest absolute Gasteiger partial charge is 0.497 e. The molecular weight excluding hydrogens is 258 g/mol. The molecule has 0 aromatic heterocycles. The summed E-state index contributed by atoms with van der Waals surface area (Å²) in [6.07, 6.45) is 0. The highest BCUT2D eigenvalue weighted by Gasteiger charge is 2.08. The van der Waals surface area contributed by atoms with Crippen LogP contribution in [0, 0.1) is 11.3 Å². The second kappa shape index (κ2) is 8.77. The fourth-order valence-electron chi connectivity index (χ4n) is 1.53. The standard InChI is InChI=1S/C14H19N3O3/c1-3-16-9-11-4-5-12(19-2)8-13(11)20-10-14(18)17-7-6-15/h4-5,8,16H,3,7,9-10H2,1-2H3,(H,17,18). The summed E-state index contributed by atoms with van der Waals surface area (Å²) in [4.78, 5) is 11.4. The van der Waals surface area contributed by atoms with E-state index in [1.165, 1.54) is 0 Å². The van der Waals surface area contributed by atoms with Gasteiger partial charge in [0.25, 0.3) is 5.91 Å². The van der Waals surface area contributed by atoms with Gasteiger partial charge in [-0.1, -0.05) is 13.0 Å². The molecule has 1 rings (SSSR count). The first-order valence-corrected chi connectivity index (χ1v) is 6.35. The zero-order chi connectivity index (χ0) is 14.8. The summed E-state index contributed by atoms with van der Waals surface area (Å²) >= 11 is 0. The van der Waals surface area contributed by atoms with Crippen molar-refractivity contribution in [3.8, 4) is 17.6 Å². The lowest BCUT2D eigenvalue weighted by Gasteiger charge is -2.13. The van der Waals surface area contributed by atoms with Crippen LogP contribution < -0.4 is 20.1 Å². The van der Waals surface area contributed by atoms with E-state index in [1.807, 2.05) is 25.1 Å². The Hall–Kier alpha value is -2.26. The van der Waals surface area contributed by atoms with Crippen LogP contribution in [0.1, 0.15) is 12.5 Å². The first-order valence-electron chi connectivity index (χ1n) is 6.35. The maximum Gasteiger partial charge on any atom is 0.258 e. The normalized spacial score (nSPS) is 9.65. The van der Waals surface area contributed by atoms with E-state index in [1.54, 1.807) is 13.2 Å². The van der Waals surface area contributed by atoms with Crippen molar-refractivity contribution in [1.29, 1.82) is 5.26 Å². The summed E-state index contributed by atoms with van der Waals surface area (Å²) < 4.78 is 10.6. The third-order valence-electron chi connectivity index (χ3n) is 2.56. The summed E-state index contributed by atoms with van der Waals surface area (Å²) in [5.74, 6) is 0.929. The number of carbonyl (C=O) groups excluding carboxylic acids is 1. The number of ether oxygens (including phenoxy) is 2. The minimum atomic E-state index is -0.330. The van der Waals surface area contributed by atoms with Crippen molar-refractivity contribution in [2.45, 2.75) is 13.5 Å². The molecule has 6 nitrogen and oxygen atoms in total. The number of amides is 1. The van der Waals surface area contributed by atoms with Crippen molar-refractivity contribution in [2.75, 3.05) is 26.8 Å². The van der Waals surface area contributed by atoms with Crippen molar-refractivity contribution < 1.29 is 14.3 Å². The van der Waals surface area contributed by atoms with Crippen molar-refractivity contribution in [3.63, 3.8) is 0 Å². The maximum absolute atomic E-state index is 11.4. The van der Waals surface area contributed by atoms with Gasteiger partial charge >= 0.3 is 0 Å². The van der Waals surface area contributed by atoms with Crippen LogP contribution in [0.5, 0.6) is 11.5 Å². The van der Waals surface area contributed by atoms with Crippen LogP contribution in [0.15, 0.2) is 18.2 Å². The van der Waals surface area contributed by atoms with E-state index in [0.29, 0.717) is 18.0 Å². The lowest BCUT2D eigenvalue weighted by atomic mass is 10.2. The Morgan fingerprint density at radius 1 is 1.45 bits per heavy atom. The molecule has 0 aliphatic heterocycles. The van der Waals surface area contributed by atoms with Gasteiger partial charge in [-0.2, -0.15) is 5.26 Å². The van der Waals surface area contributed by atoms with Crippen LogP contribution in [-0.4, -0.2) is 32.7 Å². The van der Waals surface area contributed by atoms with Gasteiger partial charge in [0.05, 0.1) is 13.2 Å². The third-order valence-corrected chi connectivity index (χ3v) is 2.56. The Bertz CT molecular complexity index is 483. The van der Waals surface area contributed by atoms with Gasteiger partial charge in [-0.15, -0.1) is 0 Å². The molecule has 1 aromatic carbocycles. The first kappa shape index (κ1) is 15.8. The Labute approximate surface area is 118 Å². The predicted octanol–water partition coefficient (Wildman–Crippen LogP) is 0.823. The molecule has 0 aliphatic rings. The molecule has 1 aromatic rings. The number of nitrogens with one attached hydrogen (secondary N) is 2. The van der Waals surface area contributed by atoms with E-state index in [-0.39, 0.29) is 19.1 Å². The van der Waals surface area contributed by atoms with Crippen molar-refractivity contribution in [2.24, 2.45) is 0 Å². The van der Waals surface area contributed by atoms with Gasteiger partial charge in [0.15, 0.2) is 6.61 Å². The molecule has 0 atom stereocenters. The number of carbonyl (C=O) groups is 1. The molecule has 2 N–H and O–H groups in total. The highest BCUT2D eigenvalue weighted by atomic mass is 16.5. The van der Waals surface area contributed by atoms with E-state index < -0.39 is 0 Å². The summed E-state index contributed by atoms with van der Waals surface area (Å²) in [5.41, 5.74) is 0.945. The minimum absolute atomic E-state index is 0.0233. The molecule has 1 amide bonds. The quantitative estimate of drug-likeness (QED) is 0.687. The molecule has 0 bridgehead atoms. The van der Waals surface area contributed by atoms with Crippen LogP contribution in [0.3, 0.4) is 0 Å². The Balaban J connectivity index is 2.69. The van der Waals surface area contributed by atoms with Crippen molar-refractivity contribution in [1.82, 2.24) is 10.6 Å². The Kier molecular flexibility index (Phi) is 6.93. The zero-order valence-electron chi connectivity index (χ0n) is 11.7. The molecule has 0 saturated heterocycles. The Morgan fingerprint density at radius 2 is 2.25 bits per heavy atom. The molecule has 6 heteroatoms. The third kappa shape index (κ3) is 5.16. The number of methoxy groups -OCH3 is 1. The molecular formula is C14H19N3O3. The predicted molar refractivity (Wildman–Crippen MR) is 74.5 cm³/mol. The van der Waals surface area contributed by atoms with E-state index >= 15 is 0 Å². The fraction of sp³-hybridized carbons (Fsp3) is 0.429. The summed E-state index contributed by atoms with van der Waals surface area (Å²) in [6.45, 7) is 3.35. The number of benzene rings is 1. The molecule has 0 heterocycles. The molecule has 0 fully saturated rings. The number of hydrogen-bond donors (Lipinski definition) is 2. The smallest absolute Gasteiger partial charge is 0.258 e. The van der Waals surface area contributed by atoms with Gasteiger partial charge in [0.2, 0.25) is 0 Å². The van der Waals surface area contributed by atoms with E-state index in [4.69, 9.17) is 14.7 Å². The molecule has 0 spiro atoms. The number of nitriles is 1. The SMILES string of the molecule is CCNCc1ccc(OC)cc1OCC(=O)NCC#N. The topological polar surface area (TPSA) is 83.4 Å². The molecule has 108 valence electrons. The van der Waals surface area contributed by atoms with Crippen LogP contribution in [0.4, 0.5) is 0 Å². The first-order chi connectivity index (χ1) is 9.71. The fourth-order valence-corrected chi connectivity index (χ4v) is 1.53. The highest BCUT2D eigenvalue weighted by molar-refractivity contribution is 5.77. The molecule has 20 heavy (non-hydrogen) atoms. The second-order valence-corrected chi connectivity index (χ2v) is 3.98. The van der Waals surface area contributed by atoms with Gasteiger partial charge in [0.1, 0.15) is 18.0 Å². The molecule has 0 aliphatic carbocycles. The highest BCUT2D eigenvalue weighted by Crippen LogP contribution is 2.24. The lowest BCUT2D eigenvalue weighted by molar-refractivity contribution is -0.122. The average molecular weight is 277 g/mol. The van der Waals surface area contributed by atoms with E-state index in [9.17, 15) is 4.79 Å². The van der Waals surface area contributed by atoms with Gasteiger partial charge in [-0.3, -0.25) is 4.79 Å². The van der Waals surface area contributed by atoms with Gasteiger partial charge < -0.3 is 20.1 Å². The number of rotatable bonds is 8. The van der Waals surface area contributed by atoms with E-state index in [0.717, 1.165) is 12.1 Å². The van der Waals surface area contributed by atoms with Gasteiger partial charge in [0, 0.05) is 18.2 Å². The van der Waals surface area contributed by atoms with Gasteiger partial charge in [-0.25, -0.2) is 0 Å². The summed E-state index contributed by atoms with van der Waals surface area (Å²) in [6, 6.07) is 7.31. The van der Waals surface area contributed by atoms with Crippen molar-refractivity contribution in [3.05, 3.63) is 23.8 Å². The van der Waals surface area contributed by atoms with Crippen LogP contribution in [-0.2, 0) is 11.3 Å². The van der Waals surface area contributed by atoms with Crippen LogP contribution in [0.25, 0.3) is 0 Å². The lowest BCUT2D eigenvalue weighted by Crippen LogP contribution is -2.29. The minimum Gasteiger partial charge on any atom is -0.497 e. The van der Waals surface area contributed by atoms with Crippen molar-refractivity contribution >= 4 is 5.91 Å². The second-order valence-electron chi connectivity index (χ2n) is 3.98. The summed E-state index contributed by atoms with van der Waals surface area (Å²) in [5, 5.41) is 14.0. The zero-order valence-corrected chi connectivity index (χ0v) is 11.7. The van der Waals surface area contributed by atoms with Crippen LogP contribution in [0.2, 0.25) is 0 Å². The molecule has 0 unspecified atom stereocenters.